The van der Waals surface area contributed by atoms with Crippen molar-refractivity contribution in [2.75, 3.05) is 6.54 Å². The normalized spacial score (nSPS) is 20.3. The van der Waals surface area contributed by atoms with Gasteiger partial charge in [0.25, 0.3) is 5.91 Å². The van der Waals surface area contributed by atoms with E-state index in [0.29, 0.717) is 17.0 Å². The molecule has 0 bridgehead atoms. The summed E-state index contributed by atoms with van der Waals surface area (Å²) in [6.07, 6.45) is 4.41. The molecule has 2 nitrogen and oxygen atoms in total. The molecule has 0 aliphatic heterocycles. The largest absolute Gasteiger partial charge is 0.335 e. The average Bonchev–Trinajstić information content (AvgIpc) is 2.66. The molecule has 0 heterocycles. The molecule has 0 spiro atoms. The van der Waals surface area contributed by atoms with E-state index in [9.17, 15) is 4.79 Å². The van der Waals surface area contributed by atoms with E-state index >= 15 is 0 Å². The molecule has 1 aliphatic rings. The fourth-order valence-corrected chi connectivity index (χ4v) is 4.21. The van der Waals surface area contributed by atoms with E-state index < -0.39 is 0 Å². The van der Waals surface area contributed by atoms with Gasteiger partial charge < -0.3 is 4.90 Å². The van der Waals surface area contributed by atoms with Crippen LogP contribution in [0.25, 0.3) is 0 Å². The maximum atomic E-state index is 13.3. The maximum absolute atomic E-state index is 13.3. The van der Waals surface area contributed by atoms with Crippen LogP contribution in [0.3, 0.4) is 0 Å². The van der Waals surface area contributed by atoms with Gasteiger partial charge >= 0.3 is 0 Å². The van der Waals surface area contributed by atoms with Crippen LogP contribution in [-0.4, -0.2) is 23.4 Å². The summed E-state index contributed by atoms with van der Waals surface area (Å²) in [5.41, 5.74) is 2.23. The zero-order chi connectivity index (χ0) is 19.4. The molecule has 1 amide bonds. The Kier molecular flexibility index (Phi) is 6.26. The van der Waals surface area contributed by atoms with Crippen LogP contribution >= 0.6 is 11.6 Å². The number of benzene rings is 2. The van der Waals surface area contributed by atoms with Crippen molar-refractivity contribution < 1.29 is 4.79 Å². The van der Waals surface area contributed by atoms with Crippen molar-refractivity contribution in [3.05, 3.63) is 70.7 Å². The molecule has 2 aromatic carbocycles. The Balaban J connectivity index is 1.74. The van der Waals surface area contributed by atoms with Gasteiger partial charge in [-0.15, -0.1) is 0 Å². The van der Waals surface area contributed by atoms with Gasteiger partial charge in [0.1, 0.15) is 0 Å². The van der Waals surface area contributed by atoms with Crippen molar-refractivity contribution in [3.8, 4) is 0 Å². The van der Waals surface area contributed by atoms with Crippen LogP contribution in [0.4, 0.5) is 0 Å². The molecular formula is C24H30ClNO. The number of hydrogen-bond acceptors (Lipinski definition) is 1. The van der Waals surface area contributed by atoms with E-state index in [0.717, 1.165) is 37.8 Å². The summed E-state index contributed by atoms with van der Waals surface area (Å²) in [4.78, 5) is 15.4. The second kappa shape index (κ2) is 8.48. The molecule has 3 rings (SSSR count). The number of carbonyl (C=O) groups is 1. The van der Waals surface area contributed by atoms with Gasteiger partial charge in [-0.3, -0.25) is 4.79 Å². The first-order valence-electron chi connectivity index (χ1n) is 9.95. The van der Waals surface area contributed by atoms with Gasteiger partial charge in [0.05, 0.1) is 0 Å². The number of nitrogens with zero attached hydrogens (tertiary/aromatic N) is 1. The zero-order valence-corrected chi connectivity index (χ0v) is 17.4. The number of rotatable bonds is 4. The minimum absolute atomic E-state index is 0.0678. The van der Waals surface area contributed by atoms with Crippen molar-refractivity contribution in [1.82, 2.24) is 4.90 Å². The molecule has 0 radical (unpaired) electrons. The van der Waals surface area contributed by atoms with Gasteiger partial charge in [0, 0.05) is 23.2 Å². The Labute approximate surface area is 168 Å². The summed E-state index contributed by atoms with van der Waals surface area (Å²) in [5.74, 6) is 0.745. The van der Waals surface area contributed by atoms with Gasteiger partial charge in [-0.25, -0.2) is 0 Å². The monoisotopic (exact) mass is 383 g/mol. The van der Waals surface area contributed by atoms with Gasteiger partial charge in [-0.1, -0.05) is 62.7 Å². The Morgan fingerprint density at radius 2 is 1.56 bits per heavy atom. The molecule has 1 aliphatic carbocycles. The first kappa shape index (κ1) is 19.9. The number of halogens is 1. The molecule has 27 heavy (non-hydrogen) atoms. The number of carbonyl (C=O) groups excluding carboxylic acids is 1. The molecule has 2 aromatic rings. The standard InChI is InChI=1S/C24H30ClNO/c1-24(2,3)17-26(23(27)20-9-13-21(25)14-10-20)22-15-11-19(12-16-22)18-7-5-4-6-8-18/h4-10,13-14,19,22H,11-12,15-17H2,1-3H3. The molecule has 0 unspecified atom stereocenters. The Bertz CT molecular complexity index is 740. The van der Waals surface area contributed by atoms with Crippen molar-refractivity contribution in [2.24, 2.45) is 5.41 Å². The fraction of sp³-hybridized carbons (Fsp3) is 0.458. The summed E-state index contributed by atoms with van der Waals surface area (Å²) >= 11 is 6.00. The predicted molar refractivity (Wildman–Crippen MR) is 113 cm³/mol. The highest BCUT2D eigenvalue weighted by molar-refractivity contribution is 6.30. The van der Waals surface area contributed by atoms with E-state index in [4.69, 9.17) is 11.6 Å². The molecule has 144 valence electrons. The first-order chi connectivity index (χ1) is 12.8. The lowest BCUT2D eigenvalue weighted by molar-refractivity contribution is 0.0534. The van der Waals surface area contributed by atoms with E-state index in [1.807, 2.05) is 12.1 Å². The number of hydrogen-bond donors (Lipinski definition) is 0. The first-order valence-corrected chi connectivity index (χ1v) is 10.3. The Morgan fingerprint density at radius 3 is 2.11 bits per heavy atom. The summed E-state index contributed by atoms with van der Waals surface area (Å²) in [5, 5.41) is 0.664. The third-order valence-electron chi connectivity index (χ3n) is 5.41. The number of amides is 1. The quantitative estimate of drug-likeness (QED) is 0.585. The highest BCUT2D eigenvalue weighted by Gasteiger charge is 2.32. The van der Waals surface area contributed by atoms with Crippen LogP contribution in [0, 0.1) is 5.41 Å². The second-order valence-corrected chi connectivity index (χ2v) is 9.35. The van der Waals surface area contributed by atoms with Crippen molar-refractivity contribution >= 4 is 17.5 Å². The fourth-order valence-electron chi connectivity index (χ4n) is 4.08. The van der Waals surface area contributed by atoms with Crippen LogP contribution in [0.15, 0.2) is 54.6 Å². The summed E-state index contributed by atoms with van der Waals surface area (Å²) in [7, 11) is 0. The molecule has 0 N–H and O–H groups in total. The van der Waals surface area contributed by atoms with Crippen molar-refractivity contribution in [3.63, 3.8) is 0 Å². The summed E-state index contributed by atoms with van der Waals surface area (Å²) in [6, 6.07) is 18.4. The summed E-state index contributed by atoms with van der Waals surface area (Å²) < 4.78 is 0. The minimum atomic E-state index is 0.0678. The minimum Gasteiger partial charge on any atom is -0.335 e. The highest BCUT2D eigenvalue weighted by Crippen LogP contribution is 2.36. The van der Waals surface area contributed by atoms with E-state index in [1.54, 1.807) is 12.1 Å². The lowest BCUT2D eigenvalue weighted by atomic mass is 9.80. The topological polar surface area (TPSA) is 20.3 Å². The van der Waals surface area contributed by atoms with Crippen LogP contribution in [0.1, 0.15) is 68.3 Å². The average molecular weight is 384 g/mol. The van der Waals surface area contributed by atoms with Crippen molar-refractivity contribution in [2.45, 2.75) is 58.4 Å². The maximum Gasteiger partial charge on any atom is 0.254 e. The highest BCUT2D eigenvalue weighted by atomic mass is 35.5. The van der Waals surface area contributed by atoms with Crippen LogP contribution in [0.2, 0.25) is 5.02 Å². The predicted octanol–water partition coefficient (Wildman–Crippen LogP) is 6.55. The van der Waals surface area contributed by atoms with Gasteiger partial charge in [-0.05, 0) is 66.8 Å². The molecule has 3 heteroatoms. The Morgan fingerprint density at radius 1 is 0.963 bits per heavy atom. The van der Waals surface area contributed by atoms with E-state index in [1.165, 1.54) is 5.56 Å². The van der Waals surface area contributed by atoms with Gasteiger partial charge in [0.15, 0.2) is 0 Å². The SMILES string of the molecule is CC(C)(C)CN(C(=O)c1ccc(Cl)cc1)C1CCC(c2ccccc2)CC1. The van der Waals surface area contributed by atoms with E-state index in [-0.39, 0.29) is 11.3 Å². The summed E-state index contributed by atoms with van der Waals surface area (Å²) in [6.45, 7) is 7.37. The molecule has 1 fully saturated rings. The smallest absolute Gasteiger partial charge is 0.254 e. The van der Waals surface area contributed by atoms with Gasteiger partial charge in [0.2, 0.25) is 0 Å². The Hall–Kier alpha value is -1.80. The third-order valence-corrected chi connectivity index (χ3v) is 5.66. The van der Waals surface area contributed by atoms with E-state index in [2.05, 4.69) is 56.0 Å². The third kappa shape index (κ3) is 5.35. The van der Waals surface area contributed by atoms with Crippen LogP contribution in [-0.2, 0) is 0 Å². The molecule has 1 saturated carbocycles. The lowest BCUT2D eigenvalue weighted by Crippen LogP contribution is -2.46. The molecular weight excluding hydrogens is 354 g/mol. The van der Waals surface area contributed by atoms with Crippen LogP contribution < -0.4 is 0 Å². The second-order valence-electron chi connectivity index (χ2n) is 8.92. The van der Waals surface area contributed by atoms with Crippen LogP contribution in [0.5, 0.6) is 0 Å². The lowest BCUT2D eigenvalue weighted by Gasteiger charge is -2.40. The molecule has 0 saturated heterocycles. The molecule has 0 aromatic heterocycles. The molecule has 0 atom stereocenters. The zero-order valence-electron chi connectivity index (χ0n) is 16.6. The van der Waals surface area contributed by atoms with Crippen molar-refractivity contribution in [1.29, 1.82) is 0 Å². The van der Waals surface area contributed by atoms with Gasteiger partial charge in [-0.2, -0.15) is 0 Å².